The fourth-order valence-corrected chi connectivity index (χ4v) is 3.34. The molecule has 0 aromatic heterocycles. The van der Waals surface area contributed by atoms with E-state index < -0.39 is 6.10 Å². The number of rotatable bonds is 5. The Kier molecular flexibility index (Phi) is 4.56. The number of ether oxygens (including phenoxy) is 1. The quantitative estimate of drug-likeness (QED) is 0.815. The van der Waals surface area contributed by atoms with Crippen LogP contribution >= 0.6 is 0 Å². The Morgan fingerprint density at radius 2 is 1.89 bits per heavy atom. The molecule has 1 fully saturated rings. The number of hydrogen-bond acceptors (Lipinski definition) is 3. The maximum absolute atomic E-state index is 13.1. The number of para-hydroxylation sites is 2. The van der Waals surface area contributed by atoms with Gasteiger partial charge >= 0.3 is 0 Å². The normalized spacial score (nSPS) is 18.7. The molecule has 2 aromatic rings. The second-order valence-electron chi connectivity index (χ2n) is 7.03. The molecule has 6 heteroatoms. The molecule has 1 atom stereocenters. The monoisotopic (exact) mass is 368 g/mol. The highest BCUT2D eigenvalue weighted by Gasteiger charge is 2.37. The van der Waals surface area contributed by atoms with Gasteiger partial charge in [-0.25, -0.2) is 4.39 Å². The predicted molar refractivity (Wildman–Crippen MR) is 98.9 cm³/mol. The predicted octanol–water partition coefficient (Wildman–Crippen LogP) is 3.13. The Balaban J connectivity index is 1.54. The Morgan fingerprint density at radius 1 is 1.19 bits per heavy atom. The average Bonchev–Trinajstić information content (AvgIpc) is 3.50. The first-order chi connectivity index (χ1) is 13.0. The first kappa shape index (κ1) is 17.5. The topological polar surface area (TPSA) is 49.9 Å². The van der Waals surface area contributed by atoms with E-state index >= 15 is 0 Å². The molecule has 0 saturated heterocycles. The summed E-state index contributed by atoms with van der Waals surface area (Å²) >= 11 is 0. The highest BCUT2D eigenvalue weighted by molar-refractivity contribution is 6.03. The van der Waals surface area contributed by atoms with Gasteiger partial charge in [-0.1, -0.05) is 24.3 Å². The first-order valence-electron chi connectivity index (χ1n) is 9.14. The van der Waals surface area contributed by atoms with E-state index in [4.69, 9.17) is 4.74 Å². The lowest BCUT2D eigenvalue weighted by molar-refractivity contribution is -0.134. The zero-order valence-electron chi connectivity index (χ0n) is 15.1. The van der Waals surface area contributed by atoms with Crippen LogP contribution in [0.5, 0.6) is 5.75 Å². The first-order valence-corrected chi connectivity index (χ1v) is 9.14. The van der Waals surface area contributed by atoms with E-state index in [-0.39, 0.29) is 30.2 Å². The van der Waals surface area contributed by atoms with Crippen molar-refractivity contribution in [3.05, 3.63) is 59.9 Å². The molecule has 27 heavy (non-hydrogen) atoms. The molecule has 2 aromatic carbocycles. The summed E-state index contributed by atoms with van der Waals surface area (Å²) in [7, 11) is 0. The van der Waals surface area contributed by atoms with E-state index in [1.165, 1.54) is 17.0 Å². The van der Waals surface area contributed by atoms with Crippen LogP contribution in [-0.4, -0.2) is 35.4 Å². The van der Waals surface area contributed by atoms with Gasteiger partial charge in [0.15, 0.2) is 6.10 Å². The molecule has 5 nitrogen and oxygen atoms in total. The molecule has 140 valence electrons. The molecular weight excluding hydrogens is 347 g/mol. The van der Waals surface area contributed by atoms with Gasteiger partial charge in [0.2, 0.25) is 5.91 Å². The summed E-state index contributed by atoms with van der Waals surface area (Å²) in [4.78, 5) is 29.0. The number of halogens is 1. The number of benzene rings is 2. The zero-order valence-corrected chi connectivity index (χ0v) is 15.1. The summed E-state index contributed by atoms with van der Waals surface area (Å²) in [6, 6.07) is 13.6. The minimum absolute atomic E-state index is 0.0265. The van der Waals surface area contributed by atoms with Gasteiger partial charge in [0.05, 0.1) is 5.69 Å². The molecule has 1 unspecified atom stereocenters. The van der Waals surface area contributed by atoms with Gasteiger partial charge in [0, 0.05) is 12.6 Å². The second kappa shape index (κ2) is 7.02. The highest BCUT2D eigenvalue weighted by atomic mass is 19.1. The standard InChI is InChI=1S/C21H21FN2O3/c1-14-21(26)24(18-4-2-3-5-19(18)27-14)13-20(25)23(17-10-11-17)12-15-6-8-16(22)9-7-15/h2-9,14,17H,10-13H2,1H3. The molecule has 1 heterocycles. The van der Waals surface area contributed by atoms with Gasteiger partial charge in [-0.3, -0.25) is 14.5 Å². The van der Waals surface area contributed by atoms with Gasteiger partial charge in [0.25, 0.3) is 5.91 Å². The van der Waals surface area contributed by atoms with E-state index in [1.54, 1.807) is 36.1 Å². The molecule has 0 spiro atoms. The van der Waals surface area contributed by atoms with Gasteiger partial charge in [-0.05, 0) is 49.6 Å². The number of fused-ring (bicyclic) bond motifs is 1. The van der Waals surface area contributed by atoms with Crippen molar-refractivity contribution in [2.24, 2.45) is 0 Å². The van der Waals surface area contributed by atoms with Crippen molar-refractivity contribution < 1.29 is 18.7 Å². The van der Waals surface area contributed by atoms with Crippen LogP contribution in [0.2, 0.25) is 0 Å². The van der Waals surface area contributed by atoms with Crippen LogP contribution in [0.3, 0.4) is 0 Å². The number of hydrogen-bond donors (Lipinski definition) is 0. The van der Waals surface area contributed by atoms with Crippen molar-refractivity contribution in [1.82, 2.24) is 4.90 Å². The van der Waals surface area contributed by atoms with Crippen molar-refractivity contribution in [3.63, 3.8) is 0 Å². The van der Waals surface area contributed by atoms with Crippen LogP contribution in [0, 0.1) is 5.82 Å². The lowest BCUT2D eigenvalue weighted by Gasteiger charge is -2.34. The zero-order chi connectivity index (χ0) is 19.0. The summed E-state index contributed by atoms with van der Waals surface area (Å²) < 4.78 is 18.8. The lowest BCUT2D eigenvalue weighted by atomic mass is 10.1. The summed E-state index contributed by atoms with van der Waals surface area (Å²) in [5.74, 6) is -0.0277. The number of amides is 2. The fraction of sp³-hybridized carbons (Fsp3) is 0.333. The van der Waals surface area contributed by atoms with Crippen LogP contribution in [-0.2, 0) is 16.1 Å². The SMILES string of the molecule is CC1Oc2ccccc2N(CC(=O)N(Cc2ccc(F)cc2)C2CC2)C1=O. The third kappa shape index (κ3) is 3.65. The maximum Gasteiger partial charge on any atom is 0.268 e. The van der Waals surface area contributed by atoms with E-state index in [0.717, 1.165) is 18.4 Å². The molecule has 0 radical (unpaired) electrons. The third-order valence-electron chi connectivity index (χ3n) is 4.94. The van der Waals surface area contributed by atoms with Gasteiger partial charge in [-0.2, -0.15) is 0 Å². The van der Waals surface area contributed by atoms with Crippen LogP contribution in [0.1, 0.15) is 25.3 Å². The number of carbonyl (C=O) groups excluding carboxylic acids is 2. The Bertz CT molecular complexity index is 864. The lowest BCUT2D eigenvalue weighted by Crippen LogP contribution is -2.49. The van der Waals surface area contributed by atoms with E-state index in [2.05, 4.69) is 0 Å². The van der Waals surface area contributed by atoms with Crippen LogP contribution in [0.4, 0.5) is 10.1 Å². The fourth-order valence-electron chi connectivity index (χ4n) is 3.34. The number of nitrogens with zero attached hydrogens (tertiary/aromatic N) is 2. The van der Waals surface area contributed by atoms with Gasteiger partial charge in [0.1, 0.15) is 18.1 Å². The third-order valence-corrected chi connectivity index (χ3v) is 4.94. The van der Waals surface area contributed by atoms with Crippen LogP contribution in [0.15, 0.2) is 48.5 Å². The van der Waals surface area contributed by atoms with Crippen molar-refractivity contribution in [1.29, 1.82) is 0 Å². The van der Waals surface area contributed by atoms with E-state index in [0.29, 0.717) is 18.0 Å². The molecule has 0 N–H and O–H groups in total. The molecule has 2 aliphatic rings. The molecule has 0 bridgehead atoms. The van der Waals surface area contributed by atoms with Crippen molar-refractivity contribution >= 4 is 17.5 Å². The smallest absolute Gasteiger partial charge is 0.268 e. The molecule has 1 saturated carbocycles. The Hall–Kier alpha value is -2.89. The highest BCUT2D eigenvalue weighted by Crippen LogP contribution is 2.34. The minimum Gasteiger partial charge on any atom is -0.479 e. The van der Waals surface area contributed by atoms with Gasteiger partial charge < -0.3 is 9.64 Å². The van der Waals surface area contributed by atoms with Crippen LogP contribution < -0.4 is 9.64 Å². The number of anilines is 1. The van der Waals surface area contributed by atoms with Crippen molar-refractivity contribution in [2.45, 2.75) is 38.5 Å². The summed E-state index contributed by atoms with van der Waals surface area (Å²) in [5.41, 5.74) is 1.49. The summed E-state index contributed by atoms with van der Waals surface area (Å²) in [5, 5.41) is 0. The molecule has 4 rings (SSSR count). The van der Waals surface area contributed by atoms with E-state index in [9.17, 15) is 14.0 Å². The molecule has 1 aliphatic carbocycles. The molecular formula is C21H21FN2O3. The van der Waals surface area contributed by atoms with Crippen molar-refractivity contribution in [3.8, 4) is 5.75 Å². The Morgan fingerprint density at radius 3 is 2.59 bits per heavy atom. The molecule has 1 aliphatic heterocycles. The van der Waals surface area contributed by atoms with Crippen molar-refractivity contribution in [2.75, 3.05) is 11.4 Å². The summed E-state index contributed by atoms with van der Waals surface area (Å²) in [6.07, 6.45) is 1.28. The van der Waals surface area contributed by atoms with Gasteiger partial charge in [-0.15, -0.1) is 0 Å². The largest absolute Gasteiger partial charge is 0.479 e. The second-order valence-corrected chi connectivity index (χ2v) is 7.03. The number of carbonyl (C=O) groups is 2. The summed E-state index contributed by atoms with van der Waals surface area (Å²) in [6.45, 7) is 2.08. The Labute approximate surface area is 157 Å². The average molecular weight is 368 g/mol. The van der Waals surface area contributed by atoms with Crippen LogP contribution in [0.25, 0.3) is 0 Å². The van der Waals surface area contributed by atoms with E-state index in [1.807, 2.05) is 12.1 Å². The molecule has 2 amide bonds. The minimum atomic E-state index is -0.626. The maximum atomic E-state index is 13.1.